The second-order valence-electron chi connectivity index (χ2n) is 2.44. The van der Waals surface area contributed by atoms with Crippen molar-refractivity contribution in [1.82, 2.24) is 4.90 Å². The Hall–Kier alpha value is -1.06. The first kappa shape index (κ1) is 12.9. The smallest absolute Gasteiger partial charge is 0.292 e. The third-order valence-corrected chi connectivity index (χ3v) is 1.68. The molecule has 0 N–H and O–H groups in total. The zero-order valence-corrected chi connectivity index (χ0v) is 9.13. The van der Waals surface area contributed by atoms with E-state index in [0.717, 1.165) is 5.69 Å². The van der Waals surface area contributed by atoms with Gasteiger partial charge in [-0.3, -0.25) is 9.69 Å². The molecule has 0 saturated heterocycles. The van der Waals surface area contributed by atoms with Crippen molar-refractivity contribution < 1.29 is 4.79 Å². The van der Waals surface area contributed by atoms with E-state index in [1.165, 1.54) is 11.2 Å². The first-order valence-electron chi connectivity index (χ1n) is 3.71. The second kappa shape index (κ2) is 6.40. The fourth-order valence-corrected chi connectivity index (χ4v) is 0.756. The van der Waals surface area contributed by atoms with Gasteiger partial charge in [0.2, 0.25) is 0 Å². The zero-order valence-electron chi connectivity index (χ0n) is 7.55. The maximum absolute atomic E-state index is 10.6. The highest BCUT2D eigenvalue weighted by atomic mass is 35.5. The third kappa shape index (κ3) is 4.25. The molecule has 1 aromatic rings. The summed E-state index contributed by atoms with van der Waals surface area (Å²) in [6, 6.07) is 9.31. The largest absolute Gasteiger partial charge is 0.321 e. The van der Waals surface area contributed by atoms with Crippen LogP contribution in [0.15, 0.2) is 35.3 Å². The molecule has 1 aromatic carbocycles. The van der Waals surface area contributed by atoms with E-state index < -0.39 is 5.37 Å². The van der Waals surface area contributed by atoms with E-state index in [1.807, 2.05) is 30.3 Å². The number of hydrogen-bond donors (Lipinski definition) is 0. The Morgan fingerprint density at radius 2 is 2.00 bits per heavy atom. The number of aliphatic imine (C=N–C) groups is 1. The van der Waals surface area contributed by atoms with Crippen LogP contribution < -0.4 is 0 Å². The Labute approximate surface area is 93.8 Å². The van der Waals surface area contributed by atoms with Crippen molar-refractivity contribution in [2.45, 2.75) is 0 Å². The van der Waals surface area contributed by atoms with Gasteiger partial charge in [0.05, 0.1) is 12.0 Å². The van der Waals surface area contributed by atoms with E-state index in [1.54, 1.807) is 7.05 Å². The van der Waals surface area contributed by atoms with E-state index >= 15 is 0 Å². The summed E-state index contributed by atoms with van der Waals surface area (Å²) in [7, 11) is 1.54. The van der Waals surface area contributed by atoms with Crippen molar-refractivity contribution in [2.75, 3.05) is 7.05 Å². The molecule has 0 atom stereocenters. The Bertz CT molecular complexity index is 314. The van der Waals surface area contributed by atoms with Gasteiger partial charge in [-0.05, 0) is 23.7 Å². The highest BCUT2D eigenvalue weighted by molar-refractivity contribution is 6.63. The molecule has 1 rings (SSSR count). The topological polar surface area (TPSA) is 32.7 Å². The van der Waals surface area contributed by atoms with Gasteiger partial charge in [-0.25, -0.2) is 4.99 Å². The molecular weight excluding hydrogens is 223 g/mol. The molecule has 0 spiro atoms. The highest BCUT2D eigenvalue weighted by Gasteiger charge is 1.98. The normalized spacial score (nSPS) is 9.57. The molecule has 0 aromatic heterocycles. The van der Waals surface area contributed by atoms with Crippen molar-refractivity contribution in [3.05, 3.63) is 30.3 Å². The van der Waals surface area contributed by atoms with E-state index in [-0.39, 0.29) is 12.4 Å². The van der Waals surface area contributed by atoms with Crippen molar-refractivity contribution >= 4 is 41.4 Å². The molecule has 0 saturated carbocycles. The molecule has 0 fully saturated rings. The molecule has 76 valence electrons. The molecule has 0 unspecified atom stereocenters. The zero-order chi connectivity index (χ0) is 9.68. The molecule has 0 aliphatic heterocycles. The van der Waals surface area contributed by atoms with E-state index in [0.29, 0.717) is 0 Å². The lowest BCUT2D eigenvalue weighted by Gasteiger charge is -2.03. The number of benzene rings is 1. The summed E-state index contributed by atoms with van der Waals surface area (Å²) in [5.74, 6) is 0. The number of para-hydroxylation sites is 1. The number of rotatable bonds is 2. The van der Waals surface area contributed by atoms with E-state index in [2.05, 4.69) is 4.99 Å². The Morgan fingerprint density at radius 1 is 1.43 bits per heavy atom. The van der Waals surface area contributed by atoms with Gasteiger partial charge in [-0.15, -0.1) is 12.4 Å². The maximum atomic E-state index is 10.6. The lowest BCUT2D eigenvalue weighted by atomic mass is 10.3. The predicted octanol–water partition coefficient (Wildman–Crippen LogP) is 3.06. The standard InChI is InChI=1S/C9H9ClN2O.ClH/c1-12(9(10)13)7-11-8-5-3-2-4-6-8;/h2-7H,1H3;1H. The molecule has 0 aliphatic carbocycles. The van der Waals surface area contributed by atoms with Crippen molar-refractivity contribution in [2.24, 2.45) is 4.99 Å². The fraction of sp³-hybridized carbons (Fsp3) is 0.111. The van der Waals surface area contributed by atoms with Gasteiger partial charge < -0.3 is 0 Å². The van der Waals surface area contributed by atoms with Gasteiger partial charge in [-0.2, -0.15) is 0 Å². The molecule has 0 heterocycles. The molecule has 3 nitrogen and oxygen atoms in total. The van der Waals surface area contributed by atoms with Crippen LogP contribution >= 0.6 is 24.0 Å². The van der Waals surface area contributed by atoms with Gasteiger partial charge in [0.1, 0.15) is 0 Å². The number of halogens is 2. The van der Waals surface area contributed by atoms with E-state index in [4.69, 9.17) is 11.6 Å². The average Bonchev–Trinajstić information content (AvgIpc) is 2.15. The summed E-state index contributed by atoms with van der Waals surface area (Å²) in [6.07, 6.45) is 1.38. The van der Waals surface area contributed by atoms with Crippen LogP contribution in [-0.2, 0) is 0 Å². The van der Waals surface area contributed by atoms with Gasteiger partial charge >= 0.3 is 5.37 Å². The number of carbonyl (C=O) groups excluding carboxylic acids is 1. The first-order valence-corrected chi connectivity index (χ1v) is 4.09. The summed E-state index contributed by atoms with van der Waals surface area (Å²) in [4.78, 5) is 15.8. The van der Waals surface area contributed by atoms with Crippen LogP contribution in [0.3, 0.4) is 0 Å². The summed E-state index contributed by atoms with van der Waals surface area (Å²) in [5.41, 5.74) is 0.785. The number of carbonyl (C=O) groups is 1. The Morgan fingerprint density at radius 3 is 2.50 bits per heavy atom. The van der Waals surface area contributed by atoms with Gasteiger partial charge in [0.15, 0.2) is 0 Å². The highest BCUT2D eigenvalue weighted by Crippen LogP contribution is 2.08. The monoisotopic (exact) mass is 232 g/mol. The van der Waals surface area contributed by atoms with Gasteiger partial charge in [-0.1, -0.05) is 18.2 Å². The molecule has 0 bridgehead atoms. The summed E-state index contributed by atoms with van der Waals surface area (Å²) >= 11 is 5.19. The van der Waals surface area contributed by atoms with Crippen LogP contribution in [0.2, 0.25) is 0 Å². The van der Waals surface area contributed by atoms with Gasteiger partial charge in [0.25, 0.3) is 0 Å². The molecule has 0 radical (unpaired) electrons. The maximum Gasteiger partial charge on any atom is 0.321 e. The minimum absolute atomic E-state index is 0. The molecule has 0 aliphatic rings. The van der Waals surface area contributed by atoms with Gasteiger partial charge in [0, 0.05) is 7.05 Å². The fourth-order valence-electron chi connectivity index (χ4n) is 0.713. The number of amides is 1. The van der Waals surface area contributed by atoms with Crippen LogP contribution in [-0.4, -0.2) is 23.7 Å². The number of nitrogens with zero attached hydrogens (tertiary/aromatic N) is 2. The quantitative estimate of drug-likeness (QED) is 0.334. The summed E-state index contributed by atoms with van der Waals surface area (Å²) in [5, 5.41) is -0.556. The average molecular weight is 233 g/mol. The van der Waals surface area contributed by atoms with Crippen LogP contribution in [0.5, 0.6) is 0 Å². The lowest BCUT2D eigenvalue weighted by Crippen LogP contribution is -2.17. The molecular formula is C9H10Cl2N2O. The van der Waals surface area contributed by atoms with Crippen molar-refractivity contribution in [3.63, 3.8) is 0 Å². The summed E-state index contributed by atoms with van der Waals surface area (Å²) < 4.78 is 0. The van der Waals surface area contributed by atoms with Crippen LogP contribution in [0.4, 0.5) is 10.5 Å². The van der Waals surface area contributed by atoms with E-state index in [9.17, 15) is 4.79 Å². The number of hydrogen-bond acceptors (Lipinski definition) is 2. The van der Waals surface area contributed by atoms with Crippen LogP contribution in [0.25, 0.3) is 0 Å². The molecule has 5 heteroatoms. The van der Waals surface area contributed by atoms with Crippen LogP contribution in [0.1, 0.15) is 0 Å². The lowest BCUT2D eigenvalue weighted by molar-refractivity contribution is 0.248. The Kier molecular flexibility index (Phi) is 5.92. The SMILES string of the molecule is CN(C=Nc1ccccc1)C(=O)Cl.Cl. The van der Waals surface area contributed by atoms with Crippen LogP contribution in [0, 0.1) is 0 Å². The predicted molar refractivity (Wildman–Crippen MR) is 60.9 cm³/mol. The first-order chi connectivity index (χ1) is 6.20. The minimum Gasteiger partial charge on any atom is -0.292 e. The minimum atomic E-state index is -0.556. The molecule has 1 amide bonds. The third-order valence-electron chi connectivity index (χ3n) is 1.41. The van der Waals surface area contributed by atoms with Crippen molar-refractivity contribution in [1.29, 1.82) is 0 Å². The molecule has 14 heavy (non-hydrogen) atoms. The Balaban J connectivity index is 0.00000169. The summed E-state index contributed by atoms with van der Waals surface area (Å²) in [6.45, 7) is 0. The second-order valence-corrected chi connectivity index (χ2v) is 2.77. The van der Waals surface area contributed by atoms with Crippen molar-refractivity contribution in [3.8, 4) is 0 Å².